The molecule has 0 aromatic carbocycles. The molecule has 2 radical (unpaired) electrons. The Morgan fingerprint density at radius 3 is 2.88 bits per heavy atom. The summed E-state index contributed by atoms with van der Waals surface area (Å²) in [5.74, 6) is 0. The van der Waals surface area contributed by atoms with Crippen molar-refractivity contribution < 1.29 is 23.5 Å². The first kappa shape index (κ1) is 12.6. The van der Waals surface area contributed by atoms with E-state index in [1.807, 2.05) is 0 Å². The van der Waals surface area contributed by atoms with E-state index in [1.54, 1.807) is 7.11 Å². The molecule has 0 bridgehead atoms. The van der Waals surface area contributed by atoms with Gasteiger partial charge >= 0.3 is 7.60 Å². The maximum Gasteiger partial charge on any atom is 0.325 e. The molecule has 2 fully saturated rings. The number of hydrogen-bond acceptors (Lipinski definition) is 4. The standard InChI is InChI=1S/C9H16BO5P/c1-13-6-3-4-9(15-16(2,11)12)5-7(10)14-8(6)9/h6-8H,3-5H2,1-2H3,(H,11,12)/t6-,7?,8?,9+/m1/s1. The van der Waals surface area contributed by atoms with E-state index >= 15 is 0 Å². The van der Waals surface area contributed by atoms with Gasteiger partial charge in [-0.25, -0.2) is 0 Å². The van der Waals surface area contributed by atoms with Crippen molar-refractivity contribution in [3.05, 3.63) is 0 Å². The van der Waals surface area contributed by atoms with Gasteiger partial charge in [0.15, 0.2) is 0 Å². The number of methoxy groups -OCH3 is 1. The second kappa shape index (κ2) is 4.11. The van der Waals surface area contributed by atoms with Gasteiger partial charge < -0.3 is 14.4 Å². The Kier molecular flexibility index (Phi) is 3.23. The first-order chi connectivity index (χ1) is 7.36. The molecular formula is C9H16BO5P. The summed E-state index contributed by atoms with van der Waals surface area (Å²) in [6.45, 7) is 1.18. The van der Waals surface area contributed by atoms with E-state index < -0.39 is 19.2 Å². The monoisotopic (exact) mass is 246 g/mol. The van der Waals surface area contributed by atoms with E-state index in [1.165, 1.54) is 6.66 Å². The van der Waals surface area contributed by atoms with Crippen molar-refractivity contribution in [1.29, 1.82) is 0 Å². The molecule has 1 saturated carbocycles. The highest BCUT2D eigenvalue weighted by Crippen LogP contribution is 2.54. The van der Waals surface area contributed by atoms with E-state index in [4.69, 9.17) is 21.8 Å². The van der Waals surface area contributed by atoms with Crippen LogP contribution in [0.5, 0.6) is 0 Å². The first-order valence-electron chi connectivity index (χ1n) is 5.31. The van der Waals surface area contributed by atoms with Crippen LogP contribution in [0.3, 0.4) is 0 Å². The quantitative estimate of drug-likeness (QED) is 0.585. The van der Waals surface area contributed by atoms with Gasteiger partial charge in [-0.05, 0) is 19.3 Å². The summed E-state index contributed by atoms with van der Waals surface area (Å²) in [6.07, 6.45) is 1.39. The van der Waals surface area contributed by atoms with Crippen LogP contribution in [-0.4, -0.2) is 50.3 Å². The summed E-state index contributed by atoms with van der Waals surface area (Å²) in [7, 11) is 3.76. The number of fused-ring (bicyclic) bond motifs is 1. The van der Waals surface area contributed by atoms with E-state index in [0.29, 0.717) is 12.8 Å². The zero-order chi connectivity index (χ0) is 12.0. The first-order valence-corrected chi connectivity index (χ1v) is 7.34. The molecule has 0 aromatic heterocycles. The molecule has 5 nitrogen and oxygen atoms in total. The Morgan fingerprint density at radius 1 is 1.62 bits per heavy atom. The predicted octanol–water partition coefficient (Wildman–Crippen LogP) is 0.649. The second-order valence-electron chi connectivity index (χ2n) is 4.57. The van der Waals surface area contributed by atoms with Crippen LogP contribution < -0.4 is 0 Å². The Balaban J connectivity index is 2.21. The lowest BCUT2D eigenvalue weighted by molar-refractivity contribution is -0.0664. The van der Waals surface area contributed by atoms with Crippen LogP contribution in [0.25, 0.3) is 0 Å². The molecule has 0 aromatic rings. The fraction of sp³-hybridized carbons (Fsp3) is 1.00. The van der Waals surface area contributed by atoms with Crippen molar-refractivity contribution in [3.63, 3.8) is 0 Å². The normalized spacial score (nSPS) is 46.6. The molecule has 1 aliphatic carbocycles. The Labute approximate surface area is 96.4 Å². The van der Waals surface area contributed by atoms with E-state index in [2.05, 4.69) is 0 Å². The van der Waals surface area contributed by atoms with Crippen LogP contribution >= 0.6 is 7.60 Å². The lowest BCUT2D eigenvalue weighted by Gasteiger charge is -2.30. The minimum atomic E-state index is -3.55. The van der Waals surface area contributed by atoms with Crippen molar-refractivity contribution in [2.45, 2.75) is 43.1 Å². The van der Waals surface area contributed by atoms with Crippen LogP contribution in [0.2, 0.25) is 0 Å². The molecule has 5 atom stereocenters. The summed E-state index contributed by atoms with van der Waals surface area (Å²) < 4.78 is 27.6. The molecule has 1 heterocycles. The van der Waals surface area contributed by atoms with Crippen molar-refractivity contribution in [2.24, 2.45) is 0 Å². The highest BCUT2D eigenvalue weighted by atomic mass is 31.2. The molecule has 1 saturated heterocycles. The summed E-state index contributed by atoms with van der Waals surface area (Å²) in [5.41, 5.74) is -0.751. The molecular weight excluding hydrogens is 230 g/mol. The van der Waals surface area contributed by atoms with Gasteiger partial charge in [0.2, 0.25) is 0 Å². The lowest BCUT2D eigenvalue weighted by atomic mass is 9.88. The molecule has 0 spiro atoms. The average Bonchev–Trinajstić information content (AvgIpc) is 2.55. The summed E-state index contributed by atoms with van der Waals surface area (Å²) >= 11 is 0. The summed E-state index contributed by atoms with van der Waals surface area (Å²) in [6, 6.07) is -0.450. The van der Waals surface area contributed by atoms with Gasteiger partial charge in [-0.15, -0.1) is 0 Å². The van der Waals surface area contributed by atoms with Crippen LogP contribution in [-0.2, 0) is 18.6 Å². The zero-order valence-electron chi connectivity index (χ0n) is 9.46. The van der Waals surface area contributed by atoms with E-state index in [-0.39, 0.29) is 12.2 Å². The third kappa shape index (κ3) is 2.22. The van der Waals surface area contributed by atoms with Crippen molar-refractivity contribution >= 4 is 15.4 Å². The van der Waals surface area contributed by atoms with E-state index in [0.717, 1.165) is 6.42 Å². The molecule has 7 heteroatoms. The maximum atomic E-state index is 11.4. The van der Waals surface area contributed by atoms with Gasteiger partial charge in [0.1, 0.15) is 19.6 Å². The Hall–Kier alpha value is 0.135. The van der Waals surface area contributed by atoms with Crippen LogP contribution in [0, 0.1) is 0 Å². The van der Waals surface area contributed by atoms with Gasteiger partial charge in [0.05, 0.1) is 6.10 Å². The minimum Gasteiger partial charge on any atom is -0.379 e. The zero-order valence-corrected chi connectivity index (χ0v) is 10.4. The van der Waals surface area contributed by atoms with Gasteiger partial charge in [-0.3, -0.25) is 9.09 Å². The number of rotatable bonds is 3. The molecule has 2 aliphatic rings. The molecule has 1 N–H and O–H groups in total. The lowest BCUT2D eigenvalue weighted by Crippen LogP contribution is -2.40. The molecule has 1 aliphatic heterocycles. The van der Waals surface area contributed by atoms with Gasteiger partial charge in [-0.1, -0.05) is 0 Å². The third-order valence-corrected chi connectivity index (χ3v) is 3.93. The Morgan fingerprint density at radius 2 is 2.31 bits per heavy atom. The minimum absolute atomic E-state index is 0.111. The molecule has 0 amide bonds. The van der Waals surface area contributed by atoms with Crippen LogP contribution in [0.15, 0.2) is 0 Å². The van der Waals surface area contributed by atoms with Crippen LogP contribution in [0.1, 0.15) is 19.3 Å². The predicted molar refractivity (Wildman–Crippen MR) is 58.6 cm³/mol. The fourth-order valence-corrected chi connectivity index (χ4v) is 3.68. The summed E-state index contributed by atoms with van der Waals surface area (Å²) in [4.78, 5) is 9.36. The molecule has 90 valence electrons. The maximum absolute atomic E-state index is 11.4. The SMILES string of the molecule is [B]C1C[C@@]2(OP(C)(=O)O)CC[C@@H](OC)C2O1. The highest BCUT2D eigenvalue weighted by Gasteiger charge is 2.58. The average molecular weight is 246 g/mol. The second-order valence-corrected chi connectivity index (χ2v) is 6.36. The number of hydrogen-bond donors (Lipinski definition) is 1. The van der Waals surface area contributed by atoms with Crippen molar-refractivity contribution in [1.82, 2.24) is 0 Å². The van der Waals surface area contributed by atoms with Gasteiger partial charge in [-0.2, -0.15) is 0 Å². The summed E-state index contributed by atoms with van der Waals surface area (Å²) in [5, 5.41) is 0. The fourth-order valence-electron chi connectivity index (χ4n) is 2.74. The Bertz CT molecular complexity index is 319. The molecule has 16 heavy (non-hydrogen) atoms. The van der Waals surface area contributed by atoms with Gasteiger partial charge in [0.25, 0.3) is 0 Å². The topological polar surface area (TPSA) is 65.0 Å². The van der Waals surface area contributed by atoms with Crippen molar-refractivity contribution in [3.8, 4) is 0 Å². The third-order valence-electron chi connectivity index (χ3n) is 3.23. The smallest absolute Gasteiger partial charge is 0.325 e. The van der Waals surface area contributed by atoms with Crippen molar-refractivity contribution in [2.75, 3.05) is 13.8 Å². The molecule has 3 unspecified atom stereocenters. The van der Waals surface area contributed by atoms with Crippen LogP contribution in [0.4, 0.5) is 0 Å². The molecule has 2 rings (SSSR count). The van der Waals surface area contributed by atoms with Gasteiger partial charge in [0, 0.05) is 19.8 Å². The largest absolute Gasteiger partial charge is 0.379 e. The number of ether oxygens (including phenoxy) is 2. The van der Waals surface area contributed by atoms with E-state index in [9.17, 15) is 9.46 Å². The highest BCUT2D eigenvalue weighted by molar-refractivity contribution is 7.51.